The van der Waals surface area contributed by atoms with Gasteiger partial charge in [-0.15, -0.1) is 0 Å². The van der Waals surface area contributed by atoms with Gasteiger partial charge in [-0.2, -0.15) is 0 Å². The summed E-state index contributed by atoms with van der Waals surface area (Å²) in [6.45, 7) is 3.54. The summed E-state index contributed by atoms with van der Waals surface area (Å²) in [6, 6.07) is 12.6. The molecule has 0 fully saturated rings. The van der Waals surface area contributed by atoms with Crippen molar-refractivity contribution in [3.05, 3.63) is 65.2 Å². The molecule has 26 heavy (non-hydrogen) atoms. The molecule has 0 unspecified atom stereocenters. The lowest BCUT2D eigenvalue weighted by molar-refractivity contribution is -0.120. The summed E-state index contributed by atoms with van der Waals surface area (Å²) in [7, 11) is -3.32. The van der Waals surface area contributed by atoms with Gasteiger partial charge in [0.2, 0.25) is 5.91 Å². The Bertz CT molecular complexity index is 885. The number of nitrogens with one attached hydrogen (secondary N) is 1. The van der Waals surface area contributed by atoms with E-state index in [1.54, 1.807) is 38.1 Å². The second-order valence-electron chi connectivity index (χ2n) is 6.19. The Hall–Kier alpha value is -2.67. The molecule has 0 saturated carbocycles. The highest BCUT2D eigenvalue weighted by Gasteiger charge is 2.18. The zero-order valence-electron chi connectivity index (χ0n) is 14.6. The van der Waals surface area contributed by atoms with Crippen LogP contribution in [-0.2, 0) is 27.6 Å². The Balaban J connectivity index is 1.92. The highest BCUT2D eigenvalue weighted by molar-refractivity contribution is 7.92. The van der Waals surface area contributed by atoms with E-state index in [0.717, 1.165) is 5.56 Å². The van der Waals surface area contributed by atoms with Gasteiger partial charge in [-0.05, 0) is 49.2 Å². The molecule has 0 spiro atoms. The van der Waals surface area contributed by atoms with Crippen molar-refractivity contribution in [1.82, 2.24) is 5.32 Å². The summed E-state index contributed by atoms with van der Waals surface area (Å²) in [5, 5.41) is 11.1. The highest BCUT2D eigenvalue weighted by Crippen LogP contribution is 2.16. The smallest absolute Gasteiger partial charge is 0.335 e. The SMILES string of the molecule is CC(C)S(=O)(=O)c1ccc(CC(=O)NCc2ccc(C(=O)O)cc2)cc1. The first-order valence-corrected chi connectivity index (χ1v) is 9.66. The van der Waals surface area contributed by atoms with Crippen molar-refractivity contribution in [2.75, 3.05) is 0 Å². The molecule has 0 aliphatic carbocycles. The van der Waals surface area contributed by atoms with E-state index in [1.165, 1.54) is 24.3 Å². The molecule has 2 aromatic rings. The number of sulfone groups is 1. The molecule has 0 radical (unpaired) electrons. The van der Waals surface area contributed by atoms with Crippen molar-refractivity contribution in [3.8, 4) is 0 Å². The molecule has 6 nitrogen and oxygen atoms in total. The van der Waals surface area contributed by atoms with Gasteiger partial charge < -0.3 is 10.4 Å². The molecule has 1 amide bonds. The number of hydrogen-bond acceptors (Lipinski definition) is 4. The third-order valence-corrected chi connectivity index (χ3v) is 6.10. The topological polar surface area (TPSA) is 101 Å². The van der Waals surface area contributed by atoms with E-state index in [1.807, 2.05) is 0 Å². The van der Waals surface area contributed by atoms with Crippen LogP contribution in [0.15, 0.2) is 53.4 Å². The molecular weight excluding hydrogens is 354 g/mol. The van der Waals surface area contributed by atoms with Gasteiger partial charge in [0.25, 0.3) is 0 Å². The maximum Gasteiger partial charge on any atom is 0.335 e. The number of amides is 1. The van der Waals surface area contributed by atoms with Crippen LogP contribution >= 0.6 is 0 Å². The van der Waals surface area contributed by atoms with Crippen molar-refractivity contribution in [2.24, 2.45) is 0 Å². The van der Waals surface area contributed by atoms with Gasteiger partial charge in [-0.3, -0.25) is 4.79 Å². The number of benzene rings is 2. The van der Waals surface area contributed by atoms with Crippen LogP contribution in [0, 0.1) is 0 Å². The molecular formula is C19H21NO5S. The van der Waals surface area contributed by atoms with E-state index >= 15 is 0 Å². The minimum atomic E-state index is -3.32. The van der Waals surface area contributed by atoms with Gasteiger partial charge in [0.15, 0.2) is 9.84 Å². The van der Waals surface area contributed by atoms with Crippen molar-refractivity contribution >= 4 is 21.7 Å². The molecule has 0 aliphatic heterocycles. The fraction of sp³-hybridized carbons (Fsp3) is 0.263. The zero-order valence-corrected chi connectivity index (χ0v) is 15.4. The molecule has 2 N–H and O–H groups in total. The lowest BCUT2D eigenvalue weighted by atomic mass is 10.1. The first-order chi connectivity index (χ1) is 12.2. The lowest BCUT2D eigenvalue weighted by Gasteiger charge is -2.09. The van der Waals surface area contributed by atoms with Gasteiger partial charge in [0, 0.05) is 6.54 Å². The van der Waals surface area contributed by atoms with Crippen molar-refractivity contribution in [3.63, 3.8) is 0 Å². The Morgan fingerprint density at radius 3 is 2.00 bits per heavy atom. The van der Waals surface area contributed by atoms with Crippen LogP contribution < -0.4 is 5.32 Å². The number of carboxylic acids is 1. The zero-order chi connectivity index (χ0) is 19.3. The van der Waals surface area contributed by atoms with Crippen LogP contribution in [0.25, 0.3) is 0 Å². The van der Waals surface area contributed by atoms with E-state index in [2.05, 4.69) is 5.32 Å². The van der Waals surface area contributed by atoms with Crippen LogP contribution in [0.3, 0.4) is 0 Å². The Morgan fingerprint density at radius 2 is 1.50 bits per heavy atom. The van der Waals surface area contributed by atoms with Gasteiger partial charge in [0.1, 0.15) is 0 Å². The van der Waals surface area contributed by atoms with Crippen molar-refractivity contribution < 1.29 is 23.1 Å². The molecule has 2 aromatic carbocycles. The minimum Gasteiger partial charge on any atom is -0.478 e. The lowest BCUT2D eigenvalue weighted by Crippen LogP contribution is -2.24. The molecule has 138 valence electrons. The predicted molar refractivity (Wildman–Crippen MR) is 97.7 cm³/mol. The summed E-state index contributed by atoms with van der Waals surface area (Å²) in [5.41, 5.74) is 1.70. The molecule has 0 saturated heterocycles. The van der Waals surface area contributed by atoms with Gasteiger partial charge in [0.05, 0.1) is 22.1 Å². The first-order valence-electron chi connectivity index (χ1n) is 8.12. The van der Waals surface area contributed by atoms with Crippen LogP contribution in [0.5, 0.6) is 0 Å². The van der Waals surface area contributed by atoms with E-state index in [9.17, 15) is 18.0 Å². The summed E-state index contributed by atoms with van der Waals surface area (Å²) < 4.78 is 24.1. The Morgan fingerprint density at radius 1 is 0.962 bits per heavy atom. The minimum absolute atomic E-state index is 0.134. The molecule has 0 aromatic heterocycles. The summed E-state index contributed by atoms with van der Waals surface area (Å²) >= 11 is 0. The maximum absolute atomic E-state index is 12.1. The second-order valence-corrected chi connectivity index (χ2v) is 8.70. The van der Waals surface area contributed by atoms with Gasteiger partial charge in [-0.25, -0.2) is 13.2 Å². The van der Waals surface area contributed by atoms with E-state index < -0.39 is 21.1 Å². The number of hydrogen-bond donors (Lipinski definition) is 2. The average Bonchev–Trinajstić information content (AvgIpc) is 2.60. The highest BCUT2D eigenvalue weighted by atomic mass is 32.2. The molecule has 2 rings (SSSR count). The number of carboxylic acid groups (broad SMARTS) is 1. The Labute approximate surface area is 152 Å². The van der Waals surface area contributed by atoms with Gasteiger partial charge >= 0.3 is 5.97 Å². The number of aromatic carboxylic acids is 1. The molecule has 0 bridgehead atoms. The normalized spacial score (nSPS) is 11.3. The first kappa shape index (κ1) is 19.7. The number of carbonyl (C=O) groups excluding carboxylic acids is 1. The van der Waals surface area contributed by atoms with Crippen LogP contribution in [0.1, 0.15) is 35.3 Å². The van der Waals surface area contributed by atoms with Crippen LogP contribution in [0.2, 0.25) is 0 Å². The van der Waals surface area contributed by atoms with Crippen LogP contribution in [0.4, 0.5) is 0 Å². The van der Waals surface area contributed by atoms with E-state index in [4.69, 9.17) is 5.11 Å². The number of rotatable bonds is 7. The predicted octanol–water partition coefficient (Wildman–Crippen LogP) is 2.43. The summed E-state index contributed by atoms with van der Waals surface area (Å²) in [4.78, 5) is 23.1. The fourth-order valence-corrected chi connectivity index (χ4v) is 3.34. The Kier molecular flexibility index (Phi) is 6.15. The van der Waals surface area contributed by atoms with E-state index in [0.29, 0.717) is 12.1 Å². The van der Waals surface area contributed by atoms with Crippen molar-refractivity contribution in [2.45, 2.75) is 37.0 Å². The fourth-order valence-electron chi connectivity index (χ4n) is 2.28. The van der Waals surface area contributed by atoms with Crippen molar-refractivity contribution in [1.29, 1.82) is 0 Å². The number of carbonyl (C=O) groups is 2. The summed E-state index contributed by atoms with van der Waals surface area (Å²) in [5.74, 6) is -1.20. The molecule has 7 heteroatoms. The maximum atomic E-state index is 12.1. The average molecular weight is 375 g/mol. The largest absolute Gasteiger partial charge is 0.478 e. The second kappa shape index (κ2) is 8.14. The quantitative estimate of drug-likeness (QED) is 0.774. The summed E-state index contributed by atoms with van der Waals surface area (Å²) in [6.07, 6.45) is 0.134. The standard InChI is InChI=1S/C19H21NO5S/c1-13(2)26(24,25)17-9-5-14(6-10-17)11-18(21)20-12-15-3-7-16(8-4-15)19(22)23/h3-10,13H,11-12H2,1-2H3,(H,20,21)(H,22,23). The van der Waals surface area contributed by atoms with Gasteiger partial charge in [-0.1, -0.05) is 24.3 Å². The molecule has 0 heterocycles. The third kappa shape index (κ3) is 4.92. The molecule has 0 atom stereocenters. The van der Waals surface area contributed by atoms with Crippen LogP contribution in [-0.4, -0.2) is 30.7 Å². The third-order valence-electron chi connectivity index (χ3n) is 3.93. The van der Waals surface area contributed by atoms with E-state index in [-0.39, 0.29) is 22.8 Å². The molecule has 0 aliphatic rings. The monoisotopic (exact) mass is 375 g/mol.